The lowest BCUT2D eigenvalue weighted by atomic mass is 9.88. The molecule has 20 heavy (non-hydrogen) atoms. The second-order valence-electron chi connectivity index (χ2n) is 6.52. The summed E-state index contributed by atoms with van der Waals surface area (Å²) in [6.45, 7) is 6.78. The van der Waals surface area contributed by atoms with Crippen LogP contribution < -0.4 is 5.32 Å². The Hall–Kier alpha value is -1.29. The molecule has 2 fully saturated rings. The zero-order valence-corrected chi connectivity index (χ0v) is 12.6. The standard InChI is InChI=1S/C16H24N2O2/c1-10-6-14(10)15-5-4-13(20-15)9-18(3)16(19)11(2)12-7-17-8-12/h4-5,10-12,14,17H,6-9H2,1-3H3. The molecule has 1 saturated heterocycles. The third-order valence-electron chi connectivity index (χ3n) is 4.84. The normalized spacial score (nSPS) is 26.9. The van der Waals surface area contributed by atoms with Crippen molar-refractivity contribution >= 4 is 5.91 Å². The fourth-order valence-corrected chi connectivity index (χ4v) is 2.92. The van der Waals surface area contributed by atoms with Crippen molar-refractivity contribution in [2.75, 3.05) is 20.1 Å². The van der Waals surface area contributed by atoms with E-state index in [0.717, 1.165) is 30.5 Å². The number of hydrogen-bond acceptors (Lipinski definition) is 3. The zero-order chi connectivity index (χ0) is 14.3. The van der Waals surface area contributed by atoms with E-state index >= 15 is 0 Å². The van der Waals surface area contributed by atoms with E-state index in [1.54, 1.807) is 4.90 Å². The van der Waals surface area contributed by atoms with Crippen molar-refractivity contribution in [2.24, 2.45) is 17.8 Å². The zero-order valence-electron chi connectivity index (χ0n) is 12.6. The van der Waals surface area contributed by atoms with Crippen LogP contribution in [0.15, 0.2) is 16.5 Å². The molecule has 1 aliphatic heterocycles. The fourth-order valence-electron chi connectivity index (χ4n) is 2.92. The van der Waals surface area contributed by atoms with Gasteiger partial charge in [-0.25, -0.2) is 0 Å². The van der Waals surface area contributed by atoms with Crippen molar-refractivity contribution in [1.82, 2.24) is 10.2 Å². The first kappa shape index (κ1) is 13.7. The molecule has 1 saturated carbocycles. The molecule has 1 aliphatic carbocycles. The second-order valence-corrected chi connectivity index (χ2v) is 6.52. The van der Waals surface area contributed by atoms with E-state index in [1.807, 2.05) is 20.0 Å². The second kappa shape index (κ2) is 5.24. The van der Waals surface area contributed by atoms with Crippen LogP contribution in [-0.4, -0.2) is 30.9 Å². The fraction of sp³-hybridized carbons (Fsp3) is 0.688. The Morgan fingerprint density at radius 1 is 1.50 bits per heavy atom. The van der Waals surface area contributed by atoms with Gasteiger partial charge in [0, 0.05) is 18.9 Å². The summed E-state index contributed by atoms with van der Waals surface area (Å²) in [5.74, 6) is 4.14. The SMILES string of the molecule is CC1CC1c1ccc(CN(C)C(=O)C(C)C2CNC2)o1. The van der Waals surface area contributed by atoms with Gasteiger partial charge < -0.3 is 14.6 Å². The first-order valence-electron chi connectivity index (χ1n) is 7.60. The molecular weight excluding hydrogens is 252 g/mol. The van der Waals surface area contributed by atoms with E-state index < -0.39 is 0 Å². The quantitative estimate of drug-likeness (QED) is 0.897. The van der Waals surface area contributed by atoms with Crippen molar-refractivity contribution in [3.05, 3.63) is 23.7 Å². The number of amides is 1. The average Bonchev–Trinajstić information content (AvgIpc) is 2.90. The Kier molecular flexibility index (Phi) is 3.59. The number of carbonyl (C=O) groups is 1. The largest absolute Gasteiger partial charge is 0.464 e. The molecule has 3 unspecified atom stereocenters. The van der Waals surface area contributed by atoms with Crippen LogP contribution in [0.25, 0.3) is 0 Å². The van der Waals surface area contributed by atoms with Gasteiger partial charge in [0.25, 0.3) is 0 Å². The lowest BCUT2D eigenvalue weighted by Crippen LogP contribution is -2.49. The maximum absolute atomic E-state index is 12.3. The summed E-state index contributed by atoms with van der Waals surface area (Å²) in [5, 5.41) is 3.22. The smallest absolute Gasteiger partial charge is 0.225 e. The third-order valence-corrected chi connectivity index (χ3v) is 4.84. The maximum atomic E-state index is 12.3. The number of furan rings is 1. The highest BCUT2D eigenvalue weighted by molar-refractivity contribution is 5.78. The highest BCUT2D eigenvalue weighted by Crippen LogP contribution is 2.47. The topological polar surface area (TPSA) is 45.5 Å². The highest BCUT2D eigenvalue weighted by atomic mass is 16.3. The summed E-state index contributed by atoms with van der Waals surface area (Å²) in [6.07, 6.45) is 1.23. The Morgan fingerprint density at radius 3 is 2.75 bits per heavy atom. The molecule has 1 aromatic rings. The van der Waals surface area contributed by atoms with E-state index in [4.69, 9.17) is 4.42 Å². The predicted molar refractivity (Wildman–Crippen MR) is 77.2 cm³/mol. The molecule has 4 nitrogen and oxygen atoms in total. The summed E-state index contributed by atoms with van der Waals surface area (Å²) >= 11 is 0. The number of rotatable bonds is 5. The number of hydrogen-bond donors (Lipinski definition) is 1. The van der Waals surface area contributed by atoms with Crippen LogP contribution in [0, 0.1) is 17.8 Å². The van der Waals surface area contributed by atoms with Gasteiger partial charge in [-0.1, -0.05) is 13.8 Å². The van der Waals surface area contributed by atoms with Crippen LogP contribution in [0.1, 0.15) is 37.7 Å². The van der Waals surface area contributed by atoms with E-state index in [-0.39, 0.29) is 11.8 Å². The number of nitrogens with one attached hydrogen (secondary N) is 1. The summed E-state index contributed by atoms with van der Waals surface area (Å²) in [5.41, 5.74) is 0. The number of nitrogens with zero attached hydrogens (tertiary/aromatic N) is 1. The molecule has 2 heterocycles. The van der Waals surface area contributed by atoms with Crippen LogP contribution in [-0.2, 0) is 11.3 Å². The molecular formula is C16H24N2O2. The minimum absolute atomic E-state index is 0.0964. The molecule has 0 radical (unpaired) electrons. The molecule has 2 aliphatic rings. The summed E-state index contributed by atoms with van der Waals surface area (Å²) in [7, 11) is 1.87. The molecule has 1 N–H and O–H groups in total. The maximum Gasteiger partial charge on any atom is 0.225 e. The Morgan fingerprint density at radius 2 is 2.20 bits per heavy atom. The van der Waals surface area contributed by atoms with Crippen LogP contribution >= 0.6 is 0 Å². The van der Waals surface area contributed by atoms with Crippen LogP contribution in [0.4, 0.5) is 0 Å². The van der Waals surface area contributed by atoms with Crippen LogP contribution in [0.5, 0.6) is 0 Å². The average molecular weight is 276 g/mol. The van der Waals surface area contributed by atoms with Gasteiger partial charge in [0.2, 0.25) is 5.91 Å². The Labute approximate surface area is 120 Å². The Balaban J connectivity index is 1.56. The van der Waals surface area contributed by atoms with Gasteiger partial charge >= 0.3 is 0 Å². The third kappa shape index (κ3) is 2.62. The molecule has 4 heteroatoms. The van der Waals surface area contributed by atoms with Crippen LogP contribution in [0.2, 0.25) is 0 Å². The van der Waals surface area contributed by atoms with Gasteiger partial charge in [-0.05, 0) is 43.5 Å². The lowest BCUT2D eigenvalue weighted by Gasteiger charge is -2.33. The monoisotopic (exact) mass is 276 g/mol. The van der Waals surface area contributed by atoms with Gasteiger partial charge in [0.1, 0.15) is 11.5 Å². The van der Waals surface area contributed by atoms with Gasteiger partial charge in [0.05, 0.1) is 6.54 Å². The van der Waals surface area contributed by atoms with Crippen molar-refractivity contribution in [1.29, 1.82) is 0 Å². The molecule has 1 amide bonds. The first-order chi connectivity index (χ1) is 9.56. The summed E-state index contributed by atoms with van der Waals surface area (Å²) in [6, 6.07) is 4.08. The summed E-state index contributed by atoms with van der Waals surface area (Å²) < 4.78 is 5.87. The minimum Gasteiger partial charge on any atom is -0.464 e. The highest BCUT2D eigenvalue weighted by Gasteiger charge is 2.36. The predicted octanol–water partition coefficient (Wildman–Crippen LogP) is 2.22. The van der Waals surface area contributed by atoms with Gasteiger partial charge in [0.15, 0.2) is 0 Å². The van der Waals surface area contributed by atoms with Crippen molar-refractivity contribution in [3.8, 4) is 0 Å². The van der Waals surface area contributed by atoms with E-state index in [0.29, 0.717) is 18.4 Å². The molecule has 0 spiro atoms. The van der Waals surface area contributed by atoms with Crippen molar-refractivity contribution in [3.63, 3.8) is 0 Å². The van der Waals surface area contributed by atoms with Crippen molar-refractivity contribution < 1.29 is 9.21 Å². The van der Waals surface area contributed by atoms with Gasteiger partial charge in [-0.2, -0.15) is 0 Å². The molecule has 3 atom stereocenters. The van der Waals surface area contributed by atoms with Crippen molar-refractivity contribution in [2.45, 2.75) is 32.7 Å². The molecule has 110 valence electrons. The minimum atomic E-state index is 0.0964. The van der Waals surface area contributed by atoms with E-state index in [9.17, 15) is 4.79 Å². The summed E-state index contributed by atoms with van der Waals surface area (Å²) in [4.78, 5) is 14.1. The lowest BCUT2D eigenvalue weighted by molar-refractivity contribution is -0.136. The Bertz CT molecular complexity index is 492. The first-order valence-corrected chi connectivity index (χ1v) is 7.60. The van der Waals surface area contributed by atoms with E-state index in [1.165, 1.54) is 6.42 Å². The molecule has 1 aromatic heterocycles. The molecule has 0 bridgehead atoms. The van der Waals surface area contributed by atoms with E-state index in [2.05, 4.69) is 18.3 Å². The van der Waals surface area contributed by atoms with Gasteiger partial charge in [-0.3, -0.25) is 4.79 Å². The molecule has 0 aromatic carbocycles. The van der Waals surface area contributed by atoms with Crippen LogP contribution in [0.3, 0.4) is 0 Å². The number of carbonyl (C=O) groups excluding carboxylic acids is 1. The molecule has 3 rings (SSSR count). The van der Waals surface area contributed by atoms with Gasteiger partial charge in [-0.15, -0.1) is 0 Å².